The largest absolute Gasteiger partial charge is 0.390 e. The molecule has 16 heavy (non-hydrogen) atoms. The van der Waals surface area contributed by atoms with Crippen LogP contribution < -0.4 is 5.32 Å². The van der Waals surface area contributed by atoms with E-state index in [1.165, 1.54) is 25.7 Å². The van der Waals surface area contributed by atoms with Crippen LogP contribution in [0, 0.1) is 11.8 Å². The number of hydrogen-bond acceptors (Lipinski definition) is 1. The van der Waals surface area contributed by atoms with Gasteiger partial charge in [0.25, 0.3) is 0 Å². The van der Waals surface area contributed by atoms with Crippen molar-refractivity contribution in [3.05, 3.63) is 0 Å². The molecule has 1 nitrogen and oxygen atoms in total. The van der Waals surface area contributed by atoms with E-state index in [0.29, 0.717) is 0 Å². The van der Waals surface area contributed by atoms with E-state index in [4.69, 9.17) is 0 Å². The van der Waals surface area contributed by atoms with Gasteiger partial charge in [0.2, 0.25) is 0 Å². The molecule has 0 amide bonds. The summed E-state index contributed by atoms with van der Waals surface area (Å²) in [5.41, 5.74) is 0. The lowest BCUT2D eigenvalue weighted by atomic mass is 9.81. The summed E-state index contributed by atoms with van der Waals surface area (Å²) in [5.74, 6) is 1.57. The van der Waals surface area contributed by atoms with Crippen LogP contribution in [-0.4, -0.2) is 19.3 Å². The van der Waals surface area contributed by atoms with E-state index in [9.17, 15) is 13.2 Å². The molecule has 1 saturated carbocycles. The Bertz CT molecular complexity index is 183. The lowest BCUT2D eigenvalue weighted by molar-refractivity contribution is -0.133. The molecule has 96 valence electrons. The smallest absolute Gasteiger partial charge is 0.316 e. The number of rotatable bonds is 5. The number of halogens is 3. The molecule has 0 atom stereocenters. The molecule has 1 aliphatic carbocycles. The molecule has 1 fully saturated rings. The Morgan fingerprint density at radius 1 is 1.06 bits per heavy atom. The first-order chi connectivity index (χ1) is 7.47. The minimum atomic E-state index is -4.02. The van der Waals surface area contributed by atoms with Gasteiger partial charge in [-0.05, 0) is 24.8 Å². The summed E-state index contributed by atoms with van der Waals surface area (Å²) in [7, 11) is 0. The normalized spacial score (nSPS) is 27.0. The third-order valence-corrected chi connectivity index (χ3v) is 3.45. The van der Waals surface area contributed by atoms with Crippen molar-refractivity contribution in [2.45, 2.75) is 51.6 Å². The van der Waals surface area contributed by atoms with Crippen LogP contribution in [0.15, 0.2) is 0 Å². The van der Waals surface area contributed by atoms with Gasteiger partial charge in [0, 0.05) is 6.54 Å². The van der Waals surface area contributed by atoms with Crippen LogP contribution in [0.3, 0.4) is 0 Å². The fourth-order valence-corrected chi connectivity index (χ4v) is 2.28. The van der Waals surface area contributed by atoms with Crippen molar-refractivity contribution in [3.63, 3.8) is 0 Å². The Labute approximate surface area is 95.8 Å². The highest BCUT2D eigenvalue weighted by molar-refractivity contribution is 4.70. The van der Waals surface area contributed by atoms with E-state index in [-0.39, 0.29) is 6.54 Å². The Morgan fingerprint density at radius 2 is 1.69 bits per heavy atom. The number of nitrogens with one attached hydrogen (secondary N) is 1. The molecule has 0 aromatic rings. The summed E-state index contributed by atoms with van der Waals surface area (Å²) in [4.78, 5) is 0. The molecule has 1 N–H and O–H groups in total. The standard InChI is InChI=1S/C12H22F3N/c1-10-2-4-11(5-3-10)6-8-16-9-7-12(13,14)15/h10-11,16H,2-9H2,1H3. The zero-order chi connectivity index (χ0) is 12.0. The molecule has 0 spiro atoms. The summed E-state index contributed by atoms with van der Waals surface area (Å²) >= 11 is 0. The highest BCUT2D eigenvalue weighted by Crippen LogP contribution is 2.29. The van der Waals surface area contributed by atoms with E-state index in [1.54, 1.807) is 0 Å². The van der Waals surface area contributed by atoms with E-state index in [2.05, 4.69) is 12.2 Å². The molecular weight excluding hydrogens is 215 g/mol. The first-order valence-electron chi connectivity index (χ1n) is 6.25. The highest BCUT2D eigenvalue weighted by Gasteiger charge is 2.26. The first kappa shape index (κ1) is 13.8. The third kappa shape index (κ3) is 6.36. The molecule has 0 radical (unpaired) electrons. The second kappa shape index (κ2) is 6.48. The summed E-state index contributed by atoms with van der Waals surface area (Å²) in [6, 6.07) is 0. The van der Waals surface area contributed by atoms with Crippen molar-refractivity contribution < 1.29 is 13.2 Å². The van der Waals surface area contributed by atoms with Crippen LogP contribution >= 0.6 is 0 Å². The quantitative estimate of drug-likeness (QED) is 0.718. The molecule has 0 aliphatic heterocycles. The maximum Gasteiger partial charge on any atom is 0.390 e. The fourth-order valence-electron chi connectivity index (χ4n) is 2.28. The van der Waals surface area contributed by atoms with Gasteiger partial charge in [-0.3, -0.25) is 0 Å². The zero-order valence-corrected chi connectivity index (χ0v) is 9.95. The molecular formula is C12H22F3N. The summed E-state index contributed by atoms with van der Waals surface area (Å²) in [6.07, 6.45) is 1.37. The van der Waals surface area contributed by atoms with E-state index in [1.807, 2.05) is 0 Å². The van der Waals surface area contributed by atoms with E-state index in [0.717, 1.165) is 24.8 Å². The number of alkyl halides is 3. The highest BCUT2D eigenvalue weighted by atomic mass is 19.4. The van der Waals surface area contributed by atoms with Gasteiger partial charge in [0.15, 0.2) is 0 Å². The van der Waals surface area contributed by atoms with Gasteiger partial charge in [0.05, 0.1) is 6.42 Å². The van der Waals surface area contributed by atoms with Crippen LogP contribution in [0.25, 0.3) is 0 Å². The van der Waals surface area contributed by atoms with Crippen molar-refractivity contribution in [2.24, 2.45) is 11.8 Å². The van der Waals surface area contributed by atoms with Crippen LogP contribution in [-0.2, 0) is 0 Å². The molecule has 1 aliphatic rings. The van der Waals surface area contributed by atoms with Crippen molar-refractivity contribution in [2.75, 3.05) is 13.1 Å². The van der Waals surface area contributed by atoms with Gasteiger partial charge in [-0.15, -0.1) is 0 Å². The maximum absolute atomic E-state index is 11.8. The van der Waals surface area contributed by atoms with Crippen LogP contribution in [0.2, 0.25) is 0 Å². The topological polar surface area (TPSA) is 12.0 Å². The van der Waals surface area contributed by atoms with Gasteiger partial charge < -0.3 is 5.32 Å². The van der Waals surface area contributed by atoms with Gasteiger partial charge in [-0.25, -0.2) is 0 Å². The second-order valence-electron chi connectivity index (χ2n) is 5.03. The predicted octanol–water partition coefficient (Wildman–Crippen LogP) is 3.74. The van der Waals surface area contributed by atoms with Crippen molar-refractivity contribution in [1.82, 2.24) is 5.32 Å². The zero-order valence-electron chi connectivity index (χ0n) is 9.95. The third-order valence-electron chi connectivity index (χ3n) is 3.45. The Balaban J connectivity index is 1.95. The van der Waals surface area contributed by atoms with Crippen LogP contribution in [0.1, 0.15) is 45.4 Å². The maximum atomic E-state index is 11.8. The molecule has 1 rings (SSSR count). The monoisotopic (exact) mass is 237 g/mol. The van der Waals surface area contributed by atoms with E-state index < -0.39 is 12.6 Å². The summed E-state index contributed by atoms with van der Waals surface area (Å²) in [5, 5.41) is 2.88. The minimum Gasteiger partial charge on any atom is -0.316 e. The molecule has 4 heteroatoms. The van der Waals surface area contributed by atoms with Gasteiger partial charge in [-0.2, -0.15) is 13.2 Å². The molecule has 0 unspecified atom stereocenters. The van der Waals surface area contributed by atoms with Gasteiger partial charge in [-0.1, -0.05) is 32.6 Å². The fraction of sp³-hybridized carbons (Fsp3) is 1.00. The molecule has 0 aromatic carbocycles. The van der Waals surface area contributed by atoms with Crippen LogP contribution in [0.4, 0.5) is 13.2 Å². The van der Waals surface area contributed by atoms with E-state index >= 15 is 0 Å². The first-order valence-corrected chi connectivity index (χ1v) is 6.25. The predicted molar refractivity (Wildman–Crippen MR) is 59.3 cm³/mol. The molecule has 0 heterocycles. The minimum absolute atomic E-state index is 0.0621. The van der Waals surface area contributed by atoms with Crippen LogP contribution in [0.5, 0.6) is 0 Å². The lowest BCUT2D eigenvalue weighted by Crippen LogP contribution is -2.25. The van der Waals surface area contributed by atoms with Crippen molar-refractivity contribution in [1.29, 1.82) is 0 Å². The number of hydrogen-bond donors (Lipinski definition) is 1. The van der Waals surface area contributed by atoms with Gasteiger partial charge >= 0.3 is 6.18 Å². The molecule has 0 aromatic heterocycles. The summed E-state index contributed by atoms with van der Waals surface area (Å²) < 4.78 is 35.5. The second-order valence-corrected chi connectivity index (χ2v) is 5.03. The SMILES string of the molecule is CC1CCC(CCNCCC(F)(F)F)CC1. The Hall–Kier alpha value is -0.250. The average molecular weight is 237 g/mol. The molecule has 0 saturated heterocycles. The van der Waals surface area contributed by atoms with Crippen molar-refractivity contribution in [3.8, 4) is 0 Å². The Kier molecular flexibility index (Phi) is 5.59. The Morgan fingerprint density at radius 3 is 2.25 bits per heavy atom. The lowest BCUT2D eigenvalue weighted by Gasteiger charge is -2.26. The average Bonchev–Trinajstić information content (AvgIpc) is 2.19. The molecule has 0 bridgehead atoms. The van der Waals surface area contributed by atoms with Gasteiger partial charge in [0.1, 0.15) is 0 Å². The summed E-state index contributed by atoms with van der Waals surface area (Å²) in [6.45, 7) is 3.07. The van der Waals surface area contributed by atoms with Crippen molar-refractivity contribution >= 4 is 0 Å².